The van der Waals surface area contributed by atoms with Crippen molar-refractivity contribution in [2.24, 2.45) is 0 Å². The smallest absolute Gasteiger partial charge is 0.260 e. The van der Waals surface area contributed by atoms with Crippen molar-refractivity contribution < 1.29 is 28.6 Å². The van der Waals surface area contributed by atoms with Crippen molar-refractivity contribution in [2.75, 3.05) is 40.0 Å². The van der Waals surface area contributed by atoms with Gasteiger partial charge in [-0.05, 0) is 23.8 Å². The molecular formula is C23H21NO6. The maximum atomic E-state index is 12.6. The standard InChI is InChI=1S/C23H21NO6/c1-28-20-13-15(12-18-22(26)16-4-2-3-5-17(16)23(18)27)6-7-19(20)30-14-21(25)24-8-10-29-11-9-24/h2-7,12-13H,8-11,14H2,1H3. The Labute approximate surface area is 173 Å². The Morgan fingerprint density at radius 2 is 1.70 bits per heavy atom. The van der Waals surface area contributed by atoms with Crippen molar-refractivity contribution in [3.63, 3.8) is 0 Å². The molecule has 0 unspecified atom stereocenters. The van der Waals surface area contributed by atoms with Crippen LogP contribution in [-0.2, 0) is 9.53 Å². The van der Waals surface area contributed by atoms with Crippen LogP contribution < -0.4 is 9.47 Å². The first-order valence-corrected chi connectivity index (χ1v) is 9.65. The molecule has 0 aromatic heterocycles. The minimum absolute atomic E-state index is 0.108. The van der Waals surface area contributed by atoms with E-state index in [0.29, 0.717) is 54.5 Å². The number of morpholine rings is 1. The Bertz CT molecular complexity index is 999. The Balaban J connectivity index is 1.50. The maximum absolute atomic E-state index is 12.6. The number of hydrogen-bond donors (Lipinski definition) is 0. The van der Waals surface area contributed by atoms with Crippen LogP contribution in [0.1, 0.15) is 26.3 Å². The first kappa shape index (κ1) is 19.8. The van der Waals surface area contributed by atoms with E-state index in [0.717, 1.165) is 0 Å². The summed E-state index contributed by atoms with van der Waals surface area (Å²) in [6.07, 6.45) is 1.55. The molecule has 154 valence electrons. The van der Waals surface area contributed by atoms with Crippen LogP contribution in [0.15, 0.2) is 48.0 Å². The lowest BCUT2D eigenvalue weighted by Gasteiger charge is -2.26. The highest BCUT2D eigenvalue weighted by molar-refractivity contribution is 6.41. The number of benzene rings is 2. The fourth-order valence-corrected chi connectivity index (χ4v) is 3.51. The number of ketones is 2. The molecule has 30 heavy (non-hydrogen) atoms. The zero-order valence-electron chi connectivity index (χ0n) is 16.6. The van der Waals surface area contributed by atoms with E-state index in [1.807, 2.05) is 0 Å². The minimum Gasteiger partial charge on any atom is -0.493 e. The van der Waals surface area contributed by atoms with Gasteiger partial charge in [0.15, 0.2) is 29.7 Å². The molecule has 1 amide bonds. The molecule has 2 aliphatic rings. The Morgan fingerprint density at radius 1 is 1.03 bits per heavy atom. The molecule has 7 nitrogen and oxygen atoms in total. The summed E-state index contributed by atoms with van der Waals surface area (Å²) >= 11 is 0. The SMILES string of the molecule is COc1cc(C=C2C(=O)c3ccccc3C2=O)ccc1OCC(=O)N1CCOCC1. The van der Waals surface area contributed by atoms with Crippen molar-refractivity contribution in [1.82, 2.24) is 4.90 Å². The summed E-state index contributed by atoms with van der Waals surface area (Å²) < 4.78 is 16.3. The van der Waals surface area contributed by atoms with Gasteiger partial charge in [-0.15, -0.1) is 0 Å². The second-order valence-electron chi connectivity index (χ2n) is 6.95. The molecule has 7 heteroatoms. The van der Waals surface area contributed by atoms with Gasteiger partial charge >= 0.3 is 0 Å². The zero-order chi connectivity index (χ0) is 21.1. The fourth-order valence-electron chi connectivity index (χ4n) is 3.51. The van der Waals surface area contributed by atoms with Crippen molar-refractivity contribution in [3.05, 3.63) is 64.7 Å². The number of nitrogens with zero attached hydrogens (tertiary/aromatic N) is 1. The van der Waals surface area contributed by atoms with E-state index in [1.165, 1.54) is 7.11 Å². The van der Waals surface area contributed by atoms with Crippen molar-refractivity contribution >= 4 is 23.5 Å². The van der Waals surface area contributed by atoms with E-state index in [9.17, 15) is 14.4 Å². The molecule has 2 aromatic carbocycles. The van der Waals surface area contributed by atoms with E-state index >= 15 is 0 Å². The van der Waals surface area contributed by atoms with Crippen LogP contribution in [0.2, 0.25) is 0 Å². The van der Waals surface area contributed by atoms with E-state index in [2.05, 4.69) is 0 Å². The summed E-state index contributed by atoms with van der Waals surface area (Å²) in [5, 5.41) is 0. The lowest BCUT2D eigenvalue weighted by atomic mass is 10.1. The molecular weight excluding hydrogens is 386 g/mol. The molecule has 0 N–H and O–H groups in total. The zero-order valence-corrected chi connectivity index (χ0v) is 16.6. The summed E-state index contributed by atoms with van der Waals surface area (Å²) in [6.45, 7) is 2.05. The molecule has 1 fully saturated rings. The lowest BCUT2D eigenvalue weighted by molar-refractivity contribution is -0.137. The number of hydrogen-bond acceptors (Lipinski definition) is 6. The summed E-state index contributed by atoms with van der Waals surface area (Å²) in [5.74, 6) is 0.131. The van der Waals surface area contributed by atoms with Crippen LogP contribution in [-0.4, -0.2) is 62.4 Å². The van der Waals surface area contributed by atoms with Crippen molar-refractivity contribution in [1.29, 1.82) is 0 Å². The monoisotopic (exact) mass is 407 g/mol. The molecule has 2 aromatic rings. The molecule has 0 atom stereocenters. The highest BCUT2D eigenvalue weighted by atomic mass is 16.5. The number of fused-ring (bicyclic) bond motifs is 1. The van der Waals surface area contributed by atoms with Gasteiger partial charge in [0.1, 0.15) is 0 Å². The van der Waals surface area contributed by atoms with Gasteiger partial charge in [0.05, 0.1) is 25.9 Å². The molecule has 0 spiro atoms. The third-order valence-corrected chi connectivity index (χ3v) is 5.12. The number of carbonyl (C=O) groups excluding carboxylic acids is 3. The quantitative estimate of drug-likeness (QED) is 0.559. The highest BCUT2D eigenvalue weighted by Crippen LogP contribution is 2.32. The third kappa shape index (κ3) is 3.84. The van der Waals surface area contributed by atoms with E-state index < -0.39 is 0 Å². The topological polar surface area (TPSA) is 82.1 Å². The second kappa shape index (κ2) is 8.51. The molecule has 0 radical (unpaired) electrons. The Morgan fingerprint density at radius 3 is 2.33 bits per heavy atom. The first-order valence-electron chi connectivity index (χ1n) is 9.65. The van der Waals surface area contributed by atoms with Gasteiger partial charge in [-0.25, -0.2) is 0 Å². The Kier molecular flexibility index (Phi) is 5.63. The number of rotatable bonds is 5. The van der Waals surface area contributed by atoms with Crippen LogP contribution in [0.4, 0.5) is 0 Å². The molecule has 4 rings (SSSR count). The number of allylic oxidation sites excluding steroid dienone is 1. The molecule has 0 saturated carbocycles. The van der Waals surface area contributed by atoms with Gasteiger partial charge in [-0.1, -0.05) is 30.3 Å². The average Bonchev–Trinajstić information content (AvgIpc) is 3.03. The predicted molar refractivity (Wildman–Crippen MR) is 109 cm³/mol. The number of methoxy groups -OCH3 is 1. The van der Waals surface area contributed by atoms with E-state index in [4.69, 9.17) is 14.2 Å². The molecule has 1 saturated heterocycles. The summed E-state index contributed by atoms with van der Waals surface area (Å²) in [4.78, 5) is 39.1. The molecule has 0 bridgehead atoms. The summed E-state index contributed by atoms with van der Waals surface area (Å²) in [7, 11) is 1.49. The first-order chi connectivity index (χ1) is 14.6. The third-order valence-electron chi connectivity index (χ3n) is 5.12. The van der Waals surface area contributed by atoms with E-state index in [-0.39, 0.29) is 29.7 Å². The summed E-state index contributed by atoms with van der Waals surface area (Å²) in [6, 6.07) is 11.8. The van der Waals surface area contributed by atoms with Crippen LogP contribution in [0.5, 0.6) is 11.5 Å². The van der Waals surface area contributed by atoms with Gasteiger partial charge < -0.3 is 19.1 Å². The molecule has 1 aliphatic heterocycles. The van der Waals surface area contributed by atoms with E-state index in [1.54, 1.807) is 53.4 Å². The van der Waals surface area contributed by atoms with Gasteiger partial charge in [0.25, 0.3) is 5.91 Å². The minimum atomic E-state index is -0.286. The number of ether oxygens (including phenoxy) is 3. The van der Waals surface area contributed by atoms with Crippen molar-refractivity contribution in [2.45, 2.75) is 0 Å². The van der Waals surface area contributed by atoms with Crippen LogP contribution >= 0.6 is 0 Å². The second-order valence-corrected chi connectivity index (χ2v) is 6.95. The Hall–Kier alpha value is -3.45. The van der Waals surface area contributed by atoms with Gasteiger partial charge in [-0.2, -0.15) is 0 Å². The lowest BCUT2D eigenvalue weighted by Crippen LogP contribution is -2.43. The molecule has 1 aliphatic carbocycles. The van der Waals surface area contributed by atoms with Gasteiger partial charge in [0.2, 0.25) is 0 Å². The largest absolute Gasteiger partial charge is 0.493 e. The van der Waals surface area contributed by atoms with Crippen molar-refractivity contribution in [3.8, 4) is 11.5 Å². The highest BCUT2D eigenvalue weighted by Gasteiger charge is 2.32. The normalized spacial score (nSPS) is 15.8. The predicted octanol–water partition coefficient (Wildman–Crippen LogP) is 2.40. The van der Waals surface area contributed by atoms with Gasteiger partial charge in [0, 0.05) is 24.2 Å². The average molecular weight is 407 g/mol. The maximum Gasteiger partial charge on any atom is 0.260 e. The summed E-state index contributed by atoms with van der Waals surface area (Å²) in [5.41, 5.74) is 1.59. The van der Waals surface area contributed by atoms with Crippen LogP contribution in [0, 0.1) is 0 Å². The number of amides is 1. The number of Topliss-reactive ketones (excluding diaryl/α,β-unsaturated/α-hetero) is 2. The fraction of sp³-hybridized carbons (Fsp3) is 0.261. The number of carbonyl (C=O) groups is 3. The molecule has 1 heterocycles. The van der Waals surface area contributed by atoms with Crippen LogP contribution in [0.25, 0.3) is 6.08 Å². The van der Waals surface area contributed by atoms with Crippen LogP contribution in [0.3, 0.4) is 0 Å². The van der Waals surface area contributed by atoms with Gasteiger partial charge in [-0.3, -0.25) is 14.4 Å².